The highest BCUT2D eigenvalue weighted by Gasteiger charge is 2.46. The van der Waals surface area contributed by atoms with Crippen LogP contribution in [0.2, 0.25) is 0 Å². The van der Waals surface area contributed by atoms with Crippen LogP contribution in [0.3, 0.4) is 0 Å². The van der Waals surface area contributed by atoms with Crippen LogP contribution in [0, 0.1) is 5.41 Å². The number of pyridine rings is 1. The summed E-state index contributed by atoms with van der Waals surface area (Å²) in [5, 5.41) is 12.1. The average molecular weight is 276 g/mol. The third-order valence-corrected chi connectivity index (χ3v) is 3.95. The van der Waals surface area contributed by atoms with Crippen LogP contribution in [-0.2, 0) is 11.3 Å². The van der Waals surface area contributed by atoms with E-state index in [0.717, 1.165) is 18.4 Å². The molecule has 0 aromatic carbocycles. The minimum absolute atomic E-state index is 0.0260. The molecule has 2 rings (SSSR count). The van der Waals surface area contributed by atoms with Crippen molar-refractivity contribution in [2.75, 3.05) is 7.05 Å². The van der Waals surface area contributed by atoms with Gasteiger partial charge in [0.15, 0.2) is 5.84 Å². The molecule has 108 valence electrons. The molecule has 0 radical (unpaired) electrons. The van der Waals surface area contributed by atoms with E-state index in [4.69, 9.17) is 10.9 Å². The van der Waals surface area contributed by atoms with Crippen molar-refractivity contribution in [2.45, 2.75) is 32.2 Å². The van der Waals surface area contributed by atoms with Gasteiger partial charge in [-0.05, 0) is 24.5 Å². The monoisotopic (exact) mass is 276 g/mol. The maximum atomic E-state index is 12.7. The van der Waals surface area contributed by atoms with E-state index in [-0.39, 0.29) is 11.7 Å². The minimum atomic E-state index is -0.842. The van der Waals surface area contributed by atoms with Crippen molar-refractivity contribution in [2.24, 2.45) is 16.3 Å². The van der Waals surface area contributed by atoms with Crippen molar-refractivity contribution in [3.8, 4) is 0 Å². The fourth-order valence-electron chi connectivity index (χ4n) is 2.86. The number of amides is 1. The molecule has 1 aromatic rings. The normalized spacial score (nSPS) is 17.9. The summed E-state index contributed by atoms with van der Waals surface area (Å²) in [5.74, 6) is -0.0628. The van der Waals surface area contributed by atoms with Gasteiger partial charge in [0, 0.05) is 26.0 Å². The maximum absolute atomic E-state index is 12.7. The van der Waals surface area contributed by atoms with Gasteiger partial charge in [-0.2, -0.15) is 0 Å². The molecule has 0 unspecified atom stereocenters. The number of hydrogen-bond acceptors (Lipinski definition) is 4. The lowest BCUT2D eigenvalue weighted by Crippen LogP contribution is -2.48. The molecular weight excluding hydrogens is 256 g/mol. The standard InChI is InChI=1S/C14H20N4O2/c1-18(10-11-5-4-8-16-9-11)13(19)14(12(15)17-20)6-2-3-7-14/h4-5,8-9,20H,2-3,6-7,10H2,1H3,(H2,15,17). The van der Waals surface area contributed by atoms with Crippen molar-refractivity contribution in [3.05, 3.63) is 30.1 Å². The Morgan fingerprint density at radius 2 is 2.25 bits per heavy atom. The van der Waals surface area contributed by atoms with Gasteiger partial charge in [0.05, 0.1) is 0 Å². The smallest absolute Gasteiger partial charge is 0.236 e. The quantitative estimate of drug-likeness (QED) is 0.376. The van der Waals surface area contributed by atoms with Gasteiger partial charge in [0.2, 0.25) is 5.91 Å². The van der Waals surface area contributed by atoms with E-state index in [0.29, 0.717) is 19.4 Å². The number of nitrogens with zero attached hydrogens (tertiary/aromatic N) is 3. The molecule has 6 heteroatoms. The Hall–Kier alpha value is -2.11. The highest BCUT2D eigenvalue weighted by Crippen LogP contribution is 2.40. The first-order valence-electron chi connectivity index (χ1n) is 6.72. The number of amidine groups is 1. The molecule has 1 aliphatic rings. The zero-order chi connectivity index (χ0) is 14.6. The van der Waals surface area contributed by atoms with Gasteiger partial charge in [-0.15, -0.1) is 0 Å². The second-order valence-electron chi connectivity index (χ2n) is 5.30. The summed E-state index contributed by atoms with van der Waals surface area (Å²) in [7, 11) is 1.74. The van der Waals surface area contributed by atoms with E-state index >= 15 is 0 Å². The molecule has 1 saturated carbocycles. The second-order valence-corrected chi connectivity index (χ2v) is 5.30. The molecule has 6 nitrogen and oxygen atoms in total. The highest BCUT2D eigenvalue weighted by molar-refractivity contribution is 6.06. The molecule has 0 aliphatic heterocycles. The Balaban J connectivity index is 2.16. The lowest BCUT2D eigenvalue weighted by atomic mass is 9.83. The van der Waals surface area contributed by atoms with E-state index in [1.807, 2.05) is 12.1 Å². The maximum Gasteiger partial charge on any atom is 0.236 e. The molecule has 1 heterocycles. The molecule has 20 heavy (non-hydrogen) atoms. The Labute approximate surface area is 118 Å². The van der Waals surface area contributed by atoms with Gasteiger partial charge in [-0.25, -0.2) is 0 Å². The summed E-state index contributed by atoms with van der Waals surface area (Å²) < 4.78 is 0. The summed E-state index contributed by atoms with van der Waals surface area (Å²) in [6, 6.07) is 3.75. The van der Waals surface area contributed by atoms with Crippen molar-refractivity contribution in [3.63, 3.8) is 0 Å². The molecule has 1 aromatic heterocycles. The molecule has 1 aliphatic carbocycles. The van der Waals surface area contributed by atoms with Crippen molar-refractivity contribution >= 4 is 11.7 Å². The molecule has 0 atom stereocenters. The molecule has 0 spiro atoms. The van der Waals surface area contributed by atoms with Gasteiger partial charge in [-0.1, -0.05) is 24.1 Å². The van der Waals surface area contributed by atoms with Crippen LogP contribution in [0.15, 0.2) is 29.7 Å². The van der Waals surface area contributed by atoms with Gasteiger partial charge in [-0.3, -0.25) is 9.78 Å². The number of carbonyl (C=O) groups excluding carboxylic acids is 1. The van der Waals surface area contributed by atoms with E-state index in [2.05, 4.69) is 10.1 Å². The van der Waals surface area contributed by atoms with E-state index in [1.165, 1.54) is 0 Å². The predicted molar refractivity (Wildman–Crippen MR) is 75.0 cm³/mol. The Kier molecular flexibility index (Phi) is 4.22. The number of hydrogen-bond donors (Lipinski definition) is 2. The largest absolute Gasteiger partial charge is 0.409 e. The van der Waals surface area contributed by atoms with Crippen LogP contribution < -0.4 is 5.73 Å². The zero-order valence-corrected chi connectivity index (χ0v) is 11.6. The van der Waals surface area contributed by atoms with Gasteiger partial charge in [0.1, 0.15) is 5.41 Å². The Morgan fingerprint density at radius 3 is 2.80 bits per heavy atom. The first-order chi connectivity index (χ1) is 9.60. The lowest BCUT2D eigenvalue weighted by molar-refractivity contribution is -0.137. The fraction of sp³-hybridized carbons (Fsp3) is 0.500. The summed E-state index contributed by atoms with van der Waals surface area (Å²) in [4.78, 5) is 18.4. The summed E-state index contributed by atoms with van der Waals surface area (Å²) in [6.07, 6.45) is 6.54. The average Bonchev–Trinajstić information content (AvgIpc) is 2.97. The van der Waals surface area contributed by atoms with Gasteiger partial charge in [0.25, 0.3) is 0 Å². The van der Waals surface area contributed by atoms with Gasteiger partial charge >= 0.3 is 0 Å². The summed E-state index contributed by atoms with van der Waals surface area (Å²) in [6.45, 7) is 0.465. The molecule has 1 amide bonds. The first-order valence-corrected chi connectivity index (χ1v) is 6.72. The number of oxime groups is 1. The zero-order valence-electron chi connectivity index (χ0n) is 11.6. The number of carbonyl (C=O) groups is 1. The molecule has 0 saturated heterocycles. The van der Waals surface area contributed by atoms with Crippen LogP contribution in [0.1, 0.15) is 31.2 Å². The van der Waals surface area contributed by atoms with Crippen molar-refractivity contribution in [1.82, 2.24) is 9.88 Å². The van der Waals surface area contributed by atoms with Crippen LogP contribution in [0.4, 0.5) is 0 Å². The number of nitrogens with two attached hydrogens (primary N) is 1. The second kappa shape index (κ2) is 5.90. The van der Waals surface area contributed by atoms with E-state index < -0.39 is 5.41 Å². The summed E-state index contributed by atoms with van der Waals surface area (Å²) in [5.41, 5.74) is 5.90. The predicted octanol–water partition coefficient (Wildman–Crippen LogP) is 1.35. The van der Waals surface area contributed by atoms with Crippen LogP contribution >= 0.6 is 0 Å². The first kappa shape index (κ1) is 14.3. The highest BCUT2D eigenvalue weighted by atomic mass is 16.4. The minimum Gasteiger partial charge on any atom is -0.409 e. The third-order valence-electron chi connectivity index (χ3n) is 3.95. The summed E-state index contributed by atoms with van der Waals surface area (Å²) >= 11 is 0. The van der Waals surface area contributed by atoms with E-state index in [1.54, 1.807) is 24.3 Å². The SMILES string of the molecule is CN(Cc1cccnc1)C(=O)C1(C(N)=NO)CCCC1. The van der Waals surface area contributed by atoms with Crippen LogP contribution in [-0.4, -0.2) is 33.9 Å². The molecular formula is C14H20N4O2. The van der Waals surface area contributed by atoms with Gasteiger partial charge < -0.3 is 15.8 Å². The number of aromatic nitrogens is 1. The molecule has 3 N–H and O–H groups in total. The Morgan fingerprint density at radius 1 is 1.55 bits per heavy atom. The fourth-order valence-corrected chi connectivity index (χ4v) is 2.86. The Bertz CT molecular complexity index is 495. The third kappa shape index (κ3) is 2.59. The van der Waals surface area contributed by atoms with Crippen LogP contribution in [0.25, 0.3) is 0 Å². The molecule has 1 fully saturated rings. The van der Waals surface area contributed by atoms with Crippen molar-refractivity contribution in [1.29, 1.82) is 0 Å². The van der Waals surface area contributed by atoms with E-state index in [9.17, 15) is 4.79 Å². The topological polar surface area (TPSA) is 91.8 Å². The molecule has 0 bridgehead atoms. The van der Waals surface area contributed by atoms with Crippen molar-refractivity contribution < 1.29 is 10.0 Å². The number of rotatable bonds is 4. The lowest BCUT2D eigenvalue weighted by Gasteiger charge is -2.31. The van der Waals surface area contributed by atoms with Crippen LogP contribution in [0.5, 0.6) is 0 Å².